The molecule has 0 spiro atoms. The van der Waals surface area contributed by atoms with Crippen molar-refractivity contribution in [2.75, 3.05) is 46.8 Å². The van der Waals surface area contributed by atoms with Gasteiger partial charge in [-0.05, 0) is 27.9 Å². The fourth-order valence-corrected chi connectivity index (χ4v) is 2.09. The molecule has 0 unspecified atom stereocenters. The molecule has 1 aliphatic rings. The zero-order valence-corrected chi connectivity index (χ0v) is 13.0. The van der Waals surface area contributed by atoms with E-state index in [1.807, 2.05) is 19.0 Å². The maximum atomic E-state index is 12.2. The van der Waals surface area contributed by atoms with Gasteiger partial charge in [0.25, 0.3) is 0 Å². The van der Waals surface area contributed by atoms with E-state index in [2.05, 4.69) is 0 Å². The molecule has 0 aromatic carbocycles. The Bertz CT molecular complexity index is 463. The second kappa shape index (κ2) is 7.21. The Morgan fingerprint density at radius 3 is 1.86 bits per heavy atom. The number of carboxylic acids is 1. The highest BCUT2D eigenvalue weighted by molar-refractivity contribution is 6.01. The summed E-state index contributed by atoms with van der Waals surface area (Å²) in [4.78, 5) is 40.1. The lowest BCUT2D eigenvalue weighted by Crippen LogP contribution is -2.52. The number of amides is 2. The van der Waals surface area contributed by atoms with Gasteiger partial charge in [0.1, 0.15) is 0 Å². The SMILES string of the molecule is CC(C(=O)O)=C(C)C(=O)N1CCN(C(=O)CN(C)C)CC1. The molecule has 0 saturated carbocycles. The van der Waals surface area contributed by atoms with Gasteiger partial charge in [-0.15, -0.1) is 0 Å². The summed E-state index contributed by atoms with van der Waals surface area (Å²) < 4.78 is 0. The van der Waals surface area contributed by atoms with Gasteiger partial charge in [-0.3, -0.25) is 9.59 Å². The third-order valence-electron chi connectivity index (χ3n) is 3.58. The summed E-state index contributed by atoms with van der Waals surface area (Å²) in [7, 11) is 3.67. The average Bonchev–Trinajstić information content (AvgIpc) is 2.44. The van der Waals surface area contributed by atoms with E-state index in [9.17, 15) is 14.4 Å². The van der Waals surface area contributed by atoms with E-state index in [4.69, 9.17) is 5.11 Å². The van der Waals surface area contributed by atoms with Crippen LogP contribution in [-0.4, -0.2) is 84.4 Å². The summed E-state index contributed by atoms with van der Waals surface area (Å²) in [6, 6.07) is 0. The molecule has 1 saturated heterocycles. The van der Waals surface area contributed by atoms with Gasteiger partial charge in [-0.25, -0.2) is 4.79 Å². The number of piperazine rings is 1. The van der Waals surface area contributed by atoms with Gasteiger partial charge in [0.2, 0.25) is 11.8 Å². The minimum Gasteiger partial charge on any atom is -0.478 e. The van der Waals surface area contributed by atoms with Gasteiger partial charge in [-0.2, -0.15) is 0 Å². The van der Waals surface area contributed by atoms with E-state index in [0.717, 1.165) is 0 Å². The first kappa shape index (κ1) is 17.2. The predicted molar refractivity (Wildman–Crippen MR) is 77.7 cm³/mol. The van der Waals surface area contributed by atoms with Gasteiger partial charge in [0.15, 0.2) is 0 Å². The van der Waals surface area contributed by atoms with Gasteiger partial charge < -0.3 is 19.8 Å². The number of nitrogens with zero attached hydrogens (tertiary/aromatic N) is 3. The number of hydrogen-bond donors (Lipinski definition) is 1. The van der Waals surface area contributed by atoms with Crippen molar-refractivity contribution in [3.63, 3.8) is 0 Å². The van der Waals surface area contributed by atoms with Gasteiger partial charge in [0, 0.05) is 37.3 Å². The first-order valence-corrected chi connectivity index (χ1v) is 6.86. The number of aliphatic carboxylic acids is 1. The highest BCUT2D eigenvalue weighted by Gasteiger charge is 2.26. The first-order chi connectivity index (χ1) is 9.73. The quantitative estimate of drug-likeness (QED) is 0.717. The monoisotopic (exact) mass is 297 g/mol. The Kier molecular flexibility index (Phi) is 5.90. The first-order valence-electron chi connectivity index (χ1n) is 6.86. The molecule has 7 heteroatoms. The minimum absolute atomic E-state index is 0.0427. The Balaban J connectivity index is 2.61. The lowest BCUT2D eigenvalue weighted by atomic mass is 10.1. The van der Waals surface area contributed by atoms with Gasteiger partial charge >= 0.3 is 5.97 Å². The molecule has 7 nitrogen and oxygen atoms in total. The standard InChI is InChI=1S/C14H23N3O4/c1-10(11(2)14(20)21)13(19)17-7-5-16(6-8-17)12(18)9-15(3)4/h5-9H2,1-4H3,(H,20,21). The molecule has 1 fully saturated rings. The fraction of sp³-hybridized carbons (Fsp3) is 0.643. The molecule has 0 radical (unpaired) electrons. The molecule has 0 aromatic heterocycles. The van der Waals surface area contributed by atoms with Crippen LogP contribution in [0.25, 0.3) is 0 Å². The Morgan fingerprint density at radius 1 is 0.952 bits per heavy atom. The molecular formula is C14H23N3O4. The van der Waals surface area contributed by atoms with E-state index in [-0.39, 0.29) is 23.0 Å². The van der Waals surface area contributed by atoms with Crippen molar-refractivity contribution in [2.24, 2.45) is 0 Å². The maximum absolute atomic E-state index is 12.2. The highest BCUT2D eigenvalue weighted by Crippen LogP contribution is 2.11. The normalized spacial score (nSPS) is 16.8. The summed E-state index contributed by atoms with van der Waals surface area (Å²) in [6.45, 7) is 5.13. The third-order valence-corrected chi connectivity index (χ3v) is 3.58. The molecule has 1 aliphatic heterocycles. The van der Waals surface area contributed by atoms with E-state index >= 15 is 0 Å². The van der Waals surface area contributed by atoms with Crippen LogP contribution in [-0.2, 0) is 14.4 Å². The topological polar surface area (TPSA) is 81.2 Å². The fourth-order valence-electron chi connectivity index (χ4n) is 2.09. The number of likely N-dealkylation sites (N-methyl/N-ethyl adjacent to an activating group) is 1. The van der Waals surface area contributed by atoms with Crippen LogP contribution in [0, 0.1) is 0 Å². The lowest BCUT2D eigenvalue weighted by molar-refractivity contribution is -0.138. The van der Waals surface area contributed by atoms with Crippen LogP contribution in [0.5, 0.6) is 0 Å². The summed E-state index contributed by atoms with van der Waals surface area (Å²) in [5.41, 5.74) is 0.307. The van der Waals surface area contributed by atoms with E-state index in [0.29, 0.717) is 32.7 Å². The second-order valence-corrected chi connectivity index (χ2v) is 5.47. The summed E-state index contributed by atoms with van der Waals surface area (Å²) in [5, 5.41) is 8.91. The van der Waals surface area contributed by atoms with Crippen molar-refractivity contribution >= 4 is 17.8 Å². The summed E-state index contributed by atoms with van der Waals surface area (Å²) >= 11 is 0. The number of carbonyl (C=O) groups is 3. The number of rotatable bonds is 4. The molecule has 1 rings (SSSR count). The molecular weight excluding hydrogens is 274 g/mol. The smallest absolute Gasteiger partial charge is 0.331 e. The molecule has 0 bridgehead atoms. The van der Waals surface area contributed by atoms with Gasteiger partial charge in [-0.1, -0.05) is 0 Å². The van der Waals surface area contributed by atoms with Crippen molar-refractivity contribution in [2.45, 2.75) is 13.8 Å². The highest BCUT2D eigenvalue weighted by atomic mass is 16.4. The molecule has 118 valence electrons. The second-order valence-electron chi connectivity index (χ2n) is 5.47. The van der Waals surface area contributed by atoms with Crippen LogP contribution in [0.4, 0.5) is 0 Å². The third kappa shape index (κ3) is 4.56. The molecule has 1 N–H and O–H groups in total. The number of hydrogen-bond acceptors (Lipinski definition) is 4. The van der Waals surface area contributed by atoms with E-state index in [1.165, 1.54) is 13.8 Å². The van der Waals surface area contributed by atoms with E-state index in [1.54, 1.807) is 9.80 Å². The van der Waals surface area contributed by atoms with Crippen molar-refractivity contribution in [1.82, 2.24) is 14.7 Å². The average molecular weight is 297 g/mol. The molecule has 21 heavy (non-hydrogen) atoms. The van der Waals surface area contributed by atoms with Crippen LogP contribution >= 0.6 is 0 Å². The maximum Gasteiger partial charge on any atom is 0.331 e. The molecule has 2 amide bonds. The molecule has 0 atom stereocenters. The van der Waals surface area contributed by atoms with Crippen LogP contribution in [0.1, 0.15) is 13.8 Å². The number of carbonyl (C=O) groups excluding carboxylic acids is 2. The Morgan fingerprint density at radius 2 is 1.43 bits per heavy atom. The summed E-state index contributed by atoms with van der Waals surface area (Å²) in [5.74, 6) is -1.31. The molecule has 0 aliphatic carbocycles. The summed E-state index contributed by atoms with van der Waals surface area (Å²) in [6.07, 6.45) is 0. The van der Waals surface area contributed by atoms with Crippen LogP contribution in [0.2, 0.25) is 0 Å². The predicted octanol–water partition coefficient (Wildman–Crippen LogP) is -0.360. The Labute approximate surface area is 124 Å². The van der Waals surface area contributed by atoms with Crippen LogP contribution < -0.4 is 0 Å². The van der Waals surface area contributed by atoms with Gasteiger partial charge in [0.05, 0.1) is 6.54 Å². The molecule has 0 aromatic rings. The van der Waals surface area contributed by atoms with Crippen molar-refractivity contribution in [3.05, 3.63) is 11.1 Å². The van der Waals surface area contributed by atoms with Crippen LogP contribution in [0.15, 0.2) is 11.1 Å². The zero-order valence-electron chi connectivity index (χ0n) is 13.0. The Hall–Kier alpha value is -1.89. The number of carboxylic acid groups (broad SMARTS) is 1. The van der Waals surface area contributed by atoms with Crippen LogP contribution in [0.3, 0.4) is 0 Å². The minimum atomic E-state index is -1.08. The van der Waals surface area contributed by atoms with Crippen molar-refractivity contribution in [1.29, 1.82) is 0 Å². The zero-order chi connectivity index (χ0) is 16.2. The van der Waals surface area contributed by atoms with Crippen molar-refractivity contribution < 1.29 is 19.5 Å². The van der Waals surface area contributed by atoms with E-state index < -0.39 is 5.97 Å². The van der Waals surface area contributed by atoms with Crippen molar-refractivity contribution in [3.8, 4) is 0 Å². The largest absolute Gasteiger partial charge is 0.478 e. The molecule has 1 heterocycles. The lowest BCUT2D eigenvalue weighted by Gasteiger charge is -2.35.